The van der Waals surface area contributed by atoms with Crippen LogP contribution >= 0.6 is 0 Å². The topological polar surface area (TPSA) is 55.6 Å². The van der Waals surface area contributed by atoms with Crippen LogP contribution in [0.2, 0.25) is 0 Å². The number of methoxy groups -OCH3 is 1. The van der Waals surface area contributed by atoms with E-state index in [1.807, 2.05) is 0 Å². The number of carbonyl (C=O) groups is 1. The summed E-state index contributed by atoms with van der Waals surface area (Å²) in [5.41, 5.74) is 0.952. The molecule has 0 radical (unpaired) electrons. The normalized spacial score (nSPS) is 17.7. The van der Waals surface area contributed by atoms with Gasteiger partial charge in [0.2, 0.25) is 11.8 Å². The predicted octanol–water partition coefficient (Wildman–Crippen LogP) is 2.71. The molecule has 0 aliphatic carbocycles. The summed E-state index contributed by atoms with van der Waals surface area (Å²) in [6.07, 6.45) is 3.99. The molecule has 1 amide bonds. The van der Waals surface area contributed by atoms with Gasteiger partial charge in [0.1, 0.15) is 24.2 Å². The number of oxazole rings is 1. The molecule has 0 saturated carbocycles. The van der Waals surface area contributed by atoms with E-state index in [2.05, 4.69) is 4.98 Å². The minimum absolute atomic E-state index is 0.0479. The first-order valence-electron chi connectivity index (χ1n) is 7.65. The van der Waals surface area contributed by atoms with Crippen LogP contribution in [0.1, 0.15) is 36.1 Å². The standard InChI is InChI=1S/C17H19FN2O3/c1-22-11-16(21)20-8-2-3-15(20)17-19-10-14(23-17)9-12-4-6-13(18)7-5-12/h4-7,10,15H,2-3,8-9,11H2,1H3/t15-/m0/s1. The third kappa shape index (κ3) is 3.59. The molecule has 0 spiro atoms. The molecule has 122 valence electrons. The molecule has 1 aliphatic heterocycles. The van der Waals surface area contributed by atoms with E-state index in [1.165, 1.54) is 19.2 Å². The SMILES string of the molecule is COCC(=O)N1CCC[C@H]1c1ncc(Cc2ccc(F)cc2)o1. The number of hydrogen-bond donors (Lipinski definition) is 0. The first-order chi connectivity index (χ1) is 11.2. The van der Waals surface area contributed by atoms with Gasteiger partial charge in [0, 0.05) is 20.1 Å². The molecule has 1 aliphatic rings. The van der Waals surface area contributed by atoms with Crippen molar-refractivity contribution in [2.75, 3.05) is 20.3 Å². The highest BCUT2D eigenvalue weighted by Crippen LogP contribution is 2.31. The quantitative estimate of drug-likeness (QED) is 0.850. The first-order valence-corrected chi connectivity index (χ1v) is 7.65. The lowest BCUT2D eigenvalue weighted by atomic mass is 10.1. The largest absolute Gasteiger partial charge is 0.443 e. The number of benzene rings is 1. The van der Waals surface area contributed by atoms with Crippen molar-refractivity contribution in [2.24, 2.45) is 0 Å². The summed E-state index contributed by atoms with van der Waals surface area (Å²) in [6, 6.07) is 6.17. The van der Waals surface area contributed by atoms with E-state index in [9.17, 15) is 9.18 Å². The van der Waals surface area contributed by atoms with Gasteiger partial charge in [0.05, 0.1) is 6.20 Å². The number of amides is 1. The van der Waals surface area contributed by atoms with E-state index in [0.29, 0.717) is 24.6 Å². The molecule has 1 saturated heterocycles. The highest BCUT2D eigenvalue weighted by Gasteiger charge is 2.33. The molecule has 0 unspecified atom stereocenters. The molecule has 1 fully saturated rings. The van der Waals surface area contributed by atoms with Gasteiger partial charge in [-0.15, -0.1) is 0 Å². The van der Waals surface area contributed by atoms with Crippen molar-refractivity contribution in [1.29, 1.82) is 0 Å². The monoisotopic (exact) mass is 318 g/mol. The first kappa shape index (κ1) is 15.7. The number of carbonyl (C=O) groups excluding carboxylic acids is 1. The number of nitrogens with zero attached hydrogens (tertiary/aromatic N) is 2. The second-order valence-corrected chi connectivity index (χ2v) is 5.65. The van der Waals surface area contributed by atoms with Crippen LogP contribution in [-0.2, 0) is 16.0 Å². The summed E-state index contributed by atoms with van der Waals surface area (Å²) >= 11 is 0. The van der Waals surface area contributed by atoms with Gasteiger partial charge in [-0.25, -0.2) is 9.37 Å². The third-order valence-corrected chi connectivity index (χ3v) is 3.99. The van der Waals surface area contributed by atoms with Crippen molar-refractivity contribution in [3.05, 3.63) is 53.5 Å². The lowest BCUT2D eigenvalue weighted by Crippen LogP contribution is -2.33. The van der Waals surface area contributed by atoms with E-state index in [1.54, 1.807) is 23.2 Å². The van der Waals surface area contributed by atoms with Crippen LogP contribution in [0, 0.1) is 5.82 Å². The molecule has 2 aromatic rings. The number of halogens is 1. The minimum atomic E-state index is -0.259. The molecule has 1 aromatic heterocycles. The maximum atomic E-state index is 12.9. The maximum absolute atomic E-state index is 12.9. The molecule has 3 rings (SSSR count). The Kier molecular flexibility index (Phi) is 4.71. The molecule has 0 bridgehead atoms. The molecule has 1 atom stereocenters. The molecular weight excluding hydrogens is 299 g/mol. The van der Waals surface area contributed by atoms with Gasteiger partial charge in [-0.2, -0.15) is 0 Å². The predicted molar refractivity (Wildman–Crippen MR) is 81.3 cm³/mol. The van der Waals surface area contributed by atoms with Crippen LogP contribution in [-0.4, -0.2) is 36.1 Å². The second kappa shape index (κ2) is 6.91. The molecular formula is C17H19FN2O3. The molecule has 23 heavy (non-hydrogen) atoms. The number of ether oxygens (including phenoxy) is 1. The minimum Gasteiger partial charge on any atom is -0.443 e. The van der Waals surface area contributed by atoms with Gasteiger partial charge in [-0.1, -0.05) is 12.1 Å². The lowest BCUT2D eigenvalue weighted by Gasteiger charge is -2.21. The van der Waals surface area contributed by atoms with Gasteiger partial charge in [0.15, 0.2) is 0 Å². The Bertz CT molecular complexity index is 669. The average Bonchev–Trinajstić information content (AvgIpc) is 3.18. The lowest BCUT2D eigenvalue weighted by molar-refractivity contribution is -0.136. The summed E-state index contributed by atoms with van der Waals surface area (Å²) in [6.45, 7) is 0.766. The van der Waals surface area contributed by atoms with Crippen LogP contribution in [0.4, 0.5) is 4.39 Å². The average molecular weight is 318 g/mol. The maximum Gasteiger partial charge on any atom is 0.249 e. The Balaban J connectivity index is 1.70. The zero-order valence-electron chi connectivity index (χ0n) is 13.0. The third-order valence-electron chi connectivity index (χ3n) is 3.99. The fourth-order valence-corrected chi connectivity index (χ4v) is 2.89. The molecule has 2 heterocycles. The molecule has 1 aromatic carbocycles. The number of aromatic nitrogens is 1. The highest BCUT2D eigenvalue weighted by atomic mass is 19.1. The van der Waals surface area contributed by atoms with Crippen molar-refractivity contribution < 1.29 is 18.3 Å². The molecule has 6 heteroatoms. The smallest absolute Gasteiger partial charge is 0.249 e. The summed E-state index contributed by atoms with van der Waals surface area (Å²) in [7, 11) is 1.51. The van der Waals surface area contributed by atoms with Crippen LogP contribution in [0.25, 0.3) is 0 Å². The Morgan fingerprint density at radius 2 is 2.22 bits per heavy atom. The number of likely N-dealkylation sites (tertiary alicyclic amines) is 1. The zero-order valence-corrected chi connectivity index (χ0v) is 13.0. The van der Waals surface area contributed by atoms with Crippen LogP contribution in [0.5, 0.6) is 0 Å². The van der Waals surface area contributed by atoms with E-state index in [4.69, 9.17) is 9.15 Å². The second-order valence-electron chi connectivity index (χ2n) is 5.65. The summed E-state index contributed by atoms with van der Waals surface area (Å²) in [5, 5.41) is 0. The molecule has 5 nitrogen and oxygen atoms in total. The Labute approximate surface area is 134 Å². The van der Waals surface area contributed by atoms with Crippen molar-refractivity contribution in [3.8, 4) is 0 Å². The Morgan fingerprint density at radius 3 is 2.96 bits per heavy atom. The van der Waals surface area contributed by atoms with Gasteiger partial charge in [-0.3, -0.25) is 4.79 Å². The fourth-order valence-electron chi connectivity index (χ4n) is 2.89. The summed E-state index contributed by atoms with van der Waals surface area (Å²) < 4.78 is 23.7. The summed E-state index contributed by atoms with van der Waals surface area (Å²) in [4.78, 5) is 18.1. The van der Waals surface area contributed by atoms with Gasteiger partial charge >= 0.3 is 0 Å². The zero-order chi connectivity index (χ0) is 16.2. The summed E-state index contributed by atoms with van der Waals surface area (Å²) in [5.74, 6) is 0.959. The fraction of sp³-hybridized carbons (Fsp3) is 0.412. The van der Waals surface area contributed by atoms with Crippen LogP contribution < -0.4 is 0 Å². The number of rotatable bonds is 5. The van der Waals surface area contributed by atoms with Gasteiger partial charge < -0.3 is 14.1 Å². The van der Waals surface area contributed by atoms with E-state index < -0.39 is 0 Å². The van der Waals surface area contributed by atoms with Crippen molar-refractivity contribution >= 4 is 5.91 Å². The van der Waals surface area contributed by atoms with Gasteiger partial charge in [-0.05, 0) is 30.5 Å². The van der Waals surface area contributed by atoms with Crippen LogP contribution in [0.3, 0.4) is 0 Å². The van der Waals surface area contributed by atoms with E-state index >= 15 is 0 Å². The van der Waals surface area contributed by atoms with Gasteiger partial charge in [0.25, 0.3) is 0 Å². The van der Waals surface area contributed by atoms with Crippen molar-refractivity contribution in [3.63, 3.8) is 0 Å². The van der Waals surface area contributed by atoms with E-state index in [0.717, 1.165) is 18.4 Å². The van der Waals surface area contributed by atoms with Crippen LogP contribution in [0.15, 0.2) is 34.9 Å². The number of hydrogen-bond acceptors (Lipinski definition) is 4. The Morgan fingerprint density at radius 1 is 1.43 bits per heavy atom. The van der Waals surface area contributed by atoms with E-state index in [-0.39, 0.29) is 24.4 Å². The van der Waals surface area contributed by atoms with Crippen molar-refractivity contribution in [2.45, 2.75) is 25.3 Å². The van der Waals surface area contributed by atoms with Crippen molar-refractivity contribution in [1.82, 2.24) is 9.88 Å². The molecule has 0 N–H and O–H groups in total. The highest BCUT2D eigenvalue weighted by molar-refractivity contribution is 5.78. The Hall–Kier alpha value is -2.21.